The number of anilines is 1. The third-order valence-corrected chi connectivity index (χ3v) is 4.99. The minimum absolute atomic E-state index is 0.172. The van der Waals surface area contributed by atoms with Gasteiger partial charge in [0.05, 0.1) is 18.8 Å². The molecule has 1 amide bonds. The van der Waals surface area contributed by atoms with Crippen LogP contribution in [0, 0.1) is 0 Å². The van der Waals surface area contributed by atoms with Crippen molar-refractivity contribution >= 4 is 23.2 Å². The molecule has 0 bridgehead atoms. The van der Waals surface area contributed by atoms with Gasteiger partial charge in [-0.1, -0.05) is 17.7 Å². The highest BCUT2D eigenvalue weighted by Gasteiger charge is 2.25. The molecule has 0 unspecified atom stereocenters. The van der Waals surface area contributed by atoms with Crippen LogP contribution in [0.1, 0.15) is 27.8 Å². The number of halogens is 1. The summed E-state index contributed by atoms with van der Waals surface area (Å²) in [4.78, 5) is 12.5. The van der Waals surface area contributed by atoms with Gasteiger partial charge in [-0.25, -0.2) is 0 Å². The summed E-state index contributed by atoms with van der Waals surface area (Å²) in [5, 5.41) is 7.89. The van der Waals surface area contributed by atoms with Crippen LogP contribution in [-0.4, -0.2) is 22.5 Å². The van der Waals surface area contributed by atoms with Crippen molar-refractivity contribution in [3.63, 3.8) is 0 Å². The van der Waals surface area contributed by atoms with Crippen LogP contribution in [0.25, 0.3) is 0 Å². The van der Waals surface area contributed by atoms with Crippen LogP contribution in [0.15, 0.2) is 48.5 Å². The Kier molecular flexibility index (Phi) is 4.18. The van der Waals surface area contributed by atoms with E-state index in [0.29, 0.717) is 29.6 Å². The van der Waals surface area contributed by atoms with Crippen LogP contribution in [0.5, 0.6) is 11.5 Å². The lowest BCUT2D eigenvalue weighted by atomic mass is 10.1. The number of rotatable bonds is 3. The van der Waals surface area contributed by atoms with E-state index < -0.39 is 0 Å². The minimum Gasteiger partial charge on any atom is -0.454 e. The fourth-order valence-electron chi connectivity index (χ4n) is 3.28. The van der Waals surface area contributed by atoms with Crippen LogP contribution >= 0.6 is 11.6 Å². The van der Waals surface area contributed by atoms with Crippen molar-refractivity contribution in [2.24, 2.45) is 0 Å². The molecule has 8 heteroatoms. The molecule has 2 aliphatic heterocycles. The van der Waals surface area contributed by atoms with Gasteiger partial charge in [0.1, 0.15) is 6.10 Å². The molecule has 0 fully saturated rings. The van der Waals surface area contributed by atoms with E-state index in [9.17, 15) is 4.79 Å². The van der Waals surface area contributed by atoms with Gasteiger partial charge < -0.3 is 19.5 Å². The molecule has 1 atom stereocenters. The first kappa shape index (κ1) is 17.1. The maximum Gasteiger partial charge on any atom is 0.276 e. The molecule has 1 N–H and O–H groups in total. The maximum atomic E-state index is 12.5. The first-order valence-electron chi connectivity index (χ1n) is 8.80. The van der Waals surface area contributed by atoms with Crippen molar-refractivity contribution in [3.05, 3.63) is 70.5 Å². The van der Waals surface area contributed by atoms with E-state index in [1.807, 2.05) is 22.9 Å². The van der Waals surface area contributed by atoms with Crippen molar-refractivity contribution in [2.45, 2.75) is 19.3 Å². The lowest BCUT2D eigenvalue weighted by Gasteiger charge is -2.24. The van der Waals surface area contributed by atoms with E-state index in [1.165, 1.54) is 0 Å². The fourth-order valence-corrected chi connectivity index (χ4v) is 3.41. The van der Waals surface area contributed by atoms with E-state index in [1.54, 1.807) is 30.3 Å². The molecule has 1 aromatic heterocycles. The summed E-state index contributed by atoms with van der Waals surface area (Å²) >= 11 is 5.87. The number of nitrogens with zero attached hydrogens (tertiary/aromatic N) is 2. The monoisotopic (exact) mass is 397 g/mol. The Morgan fingerprint density at radius 1 is 1.11 bits per heavy atom. The second-order valence-corrected chi connectivity index (χ2v) is 7.01. The van der Waals surface area contributed by atoms with Crippen molar-refractivity contribution in [1.82, 2.24) is 9.78 Å². The number of amides is 1. The molecule has 5 rings (SSSR count). The zero-order valence-electron chi connectivity index (χ0n) is 14.7. The third kappa shape index (κ3) is 3.19. The Morgan fingerprint density at radius 3 is 2.79 bits per heavy atom. The van der Waals surface area contributed by atoms with Crippen LogP contribution in [0.2, 0.25) is 5.02 Å². The number of nitrogens with one attached hydrogen (secondary N) is 1. The normalized spacial score (nSPS) is 17.2. The first-order valence-corrected chi connectivity index (χ1v) is 9.18. The summed E-state index contributed by atoms with van der Waals surface area (Å²) < 4.78 is 18.6. The van der Waals surface area contributed by atoms with Gasteiger partial charge in [0.25, 0.3) is 5.91 Å². The van der Waals surface area contributed by atoms with Crippen molar-refractivity contribution in [2.75, 3.05) is 12.1 Å². The Hall–Kier alpha value is -3.03. The zero-order chi connectivity index (χ0) is 19.1. The molecule has 3 heterocycles. The topological polar surface area (TPSA) is 74.6 Å². The average Bonchev–Trinajstić information content (AvgIpc) is 3.35. The van der Waals surface area contributed by atoms with Crippen molar-refractivity contribution in [3.8, 4) is 11.5 Å². The van der Waals surface area contributed by atoms with E-state index in [0.717, 1.165) is 22.8 Å². The van der Waals surface area contributed by atoms with Gasteiger partial charge in [0.2, 0.25) is 6.79 Å². The van der Waals surface area contributed by atoms with Crippen LogP contribution in [0.4, 0.5) is 5.69 Å². The molecule has 7 nitrogen and oxygen atoms in total. The van der Waals surface area contributed by atoms with Gasteiger partial charge in [-0.3, -0.25) is 9.48 Å². The van der Waals surface area contributed by atoms with E-state index in [2.05, 4.69) is 10.4 Å². The summed E-state index contributed by atoms with van der Waals surface area (Å²) in [6.45, 7) is 1.13. The molecule has 0 radical (unpaired) electrons. The number of fused-ring (bicyclic) bond motifs is 2. The molecule has 2 aliphatic rings. The number of aromatic nitrogens is 2. The molecule has 3 aromatic rings. The number of carbonyl (C=O) groups is 1. The fraction of sp³-hybridized carbons (Fsp3) is 0.200. The molecule has 0 saturated heterocycles. The van der Waals surface area contributed by atoms with Gasteiger partial charge in [-0.05, 0) is 48.0 Å². The lowest BCUT2D eigenvalue weighted by molar-refractivity contribution is -0.00127. The highest BCUT2D eigenvalue weighted by atomic mass is 35.5. The van der Waals surface area contributed by atoms with E-state index >= 15 is 0 Å². The van der Waals surface area contributed by atoms with E-state index in [-0.39, 0.29) is 18.8 Å². The molecular weight excluding hydrogens is 382 g/mol. The number of carbonyl (C=O) groups excluding carboxylic acids is 1. The molecular formula is C20H16ClN3O4. The van der Waals surface area contributed by atoms with Crippen LogP contribution in [-0.2, 0) is 17.9 Å². The molecule has 142 valence electrons. The van der Waals surface area contributed by atoms with Crippen molar-refractivity contribution in [1.29, 1.82) is 0 Å². The highest BCUT2D eigenvalue weighted by molar-refractivity contribution is 6.30. The summed E-state index contributed by atoms with van der Waals surface area (Å²) in [5.41, 5.74) is 2.85. The second kappa shape index (κ2) is 6.85. The number of hydrogen-bond donors (Lipinski definition) is 1. The third-order valence-electron chi connectivity index (χ3n) is 4.74. The minimum atomic E-state index is -0.274. The smallest absolute Gasteiger partial charge is 0.276 e. The Labute approximate surface area is 165 Å². The number of ether oxygens (including phenoxy) is 3. The quantitative estimate of drug-likeness (QED) is 0.727. The zero-order valence-corrected chi connectivity index (χ0v) is 15.5. The summed E-state index contributed by atoms with van der Waals surface area (Å²) in [7, 11) is 0. The predicted molar refractivity (Wildman–Crippen MR) is 102 cm³/mol. The van der Waals surface area contributed by atoms with Gasteiger partial charge in [0.15, 0.2) is 17.2 Å². The van der Waals surface area contributed by atoms with Gasteiger partial charge in [-0.2, -0.15) is 5.10 Å². The standard InChI is InChI=1S/C20H16ClN3O4/c21-13-2-4-14(5-3-13)22-20(25)16-8-15-10-26-19(9-24(15)23-16)12-1-6-17-18(7-12)28-11-27-17/h1-8,19H,9-11H2,(H,22,25)/t19-/m1/s1. The number of hydrogen-bond acceptors (Lipinski definition) is 5. The Balaban J connectivity index is 1.32. The average molecular weight is 398 g/mol. The second-order valence-electron chi connectivity index (χ2n) is 6.58. The summed E-state index contributed by atoms with van der Waals surface area (Å²) in [5.74, 6) is 1.18. The SMILES string of the molecule is O=C(Nc1ccc(Cl)cc1)c1cc2n(n1)C[C@H](c1ccc3c(c1)OCO3)OC2. The largest absolute Gasteiger partial charge is 0.454 e. The summed E-state index contributed by atoms with van der Waals surface area (Å²) in [6, 6.07) is 14.4. The number of benzene rings is 2. The van der Waals surface area contributed by atoms with E-state index in [4.69, 9.17) is 25.8 Å². The maximum absolute atomic E-state index is 12.5. The first-order chi connectivity index (χ1) is 13.7. The summed E-state index contributed by atoms with van der Waals surface area (Å²) in [6.07, 6.45) is -0.172. The molecule has 0 spiro atoms. The van der Waals surface area contributed by atoms with Crippen LogP contribution < -0.4 is 14.8 Å². The molecule has 2 aromatic carbocycles. The Morgan fingerprint density at radius 2 is 1.93 bits per heavy atom. The molecule has 28 heavy (non-hydrogen) atoms. The van der Waals surface area contributed by atoms with Crippen molar-refractivity contribution < 1.29 is 19.0 Å². The van der Waals surface area contributed by atoms with Crippen LogP contribution in [0.3, 0.4) is 0 Å². The highest BCUT2D eigenvalue weighted by Crippen LogP contribution is 2.36. The molecule has 0 aliphatic carbocycles. The lowest BCUT2D eigenvalue weighted by Crippen LogP contribution is -2.22. The predicted octanol–water partition coefficient (Wildman–Crippen LogP) is 3.79. The van der Waals surface area contributed by atoms with Gasteiger partial charge >= 0.3 is 0 Å². The Bertz CT molecular complexity index is 1050. The van der Waals surface area contributed by atoms with Gasteiger partial charge in [0, 0.05) is 10.7 Å². The molecule has 0 saturated carbocycles. The van der Waals surface area contributed by atoms with Gasteiger partial charge in [-0.15, -0.1) is 0 Å².